The van der Waals surface area contributed by atoms with Crippen molar-refractivity contribution in [1.82, 2.24) is 4.90 Å². The lowest BCUT2D eigenvalue weighted by atomic mass is 10.1. The largest absolute Gasteiger partial charge is 0.445 e. The summed E-state index contributed by atoms with van der Waals surface area (Å²) in [6, 6.07) is 4.86. The molecule has 2 amide bonds. The molecule has 0 unspecified atom stereocenters. The molecule has 1 aliphatic rings. The molecule has 25 heavy (non-hydrogen) atoms. The molecule has 0 aromatic heterocycles. The minimum Gasteiger partial charge on any atom is -0.445 e. The first-order valence-corrected chi connectivity index (χ1v) is 9.65. The van der Waals surface area contributed by atoms with Gasteiger partial charge in [0, 0.05) is 10.1 Å². The number of carbonyl (C=O) groups excluding carboxylic acids is 2. The molecule has 1 saturated heterocycles. The summed E-state index contributed by atoms with van der Waals surface area (Å²) in [6.07, 6.45) is 0.749. The Morgan fingerprint density at radius 1 is 1.40 bits per heavy atom. The second kappa shape index (κ2) is 8.94. The molecule has 1 aromatic rings. The average molecular weight is 522 g/mol. The van der Waals surface area contributed by atoms with E-state index in [-0.39, 0.29) is 18.6 Å². The SMILES string of the molecule is O=C(Nc1c(I)cccc1C(=O)N1CCC[C@H]1CO)OCC(Cl)(Cl)Cl. The summed E-state index contributed by atoms with van der Waals surface area (Å²) in [6.45, 7) is 0.0469. The number of rotatable bonds is 4. The highest BCUT2D eigenvalue weighted by atomic mass is 127. The fraction of sp³-hybridized carbons (Fsp3) is 0.467. The van der Waals surface area contributed by atoms with Gasteiger partial charge in [-0.25, -0.2) is 4.79 Å². The third kappa shape index (κ3) is 5.75. The van der Waals surface area contributed by atoms with E-state index in [0.717, 1.165) is 12.8 Å². The molecule has 1 atom stereocenters. The van der Waals surface area contributed by atoms with Gasteiger partial charge in [0.2, 0.25) is 3.79 Å². The van der Waals surface area contributed by atoms with Gasteiger partial charge in [-0.3, -0.25) is 10.1 Å². The molecule has 0 spiro atoms. The number of hydrogen-bond acceptors (Lipinski definition) is 4. The van der Waals surface area contributed by atoms with Gasteiger partial charge in [0.15, 0.2) is 0 Å². The van der Waals surface area contributed by atoms with E-state index in [2.05, 4.69) is 5.32 Å². The number of aliphatic hydroxyl groups excluding tert-OH is 1. The van der Waals surface area contributed by atoms with Crippen LogP contribution in [0.1, 0.15) is 23.2 Å². The van der Waals surface area contributed by atoms with Crippen LogP contribution in [0, 0.1) is 3.57 Å². The van der Waals surface area contributed by atoms with Crippen LogP contribution < -0.4 is 5.32 Å². The van der Waals surface area contributed by atoms with E-state index in [1.54, 1.807) is 23.1 Å². The van der Waals surface area contributed by atoms with E-state index >= 15 is 0 Å². The van der Waals surface area contributed by atoms with E-state index in [9.17, 15) is 14.7 Å². The molecule has 2 N–H and O–H groups in total. The fourth-order valence-electron chi connectivity index (χ4n) is 2.56. The topological polar surface area (TPSA) is 78.9 Å². The smallest absolute Gasteiger partial charge is 0.411 e. The second-order valence-electron chi connectivity index (χ2n) is 5.46. The van der Waals surface area contributed by atoms with Crippen molar-refractivity contribution in [3.8, 4) is 0 Å². The van der Waals surface area contributed by atoms with E-state index in [0.29, 0.717) is 21.4 Å². The number of benzene rings is 1. The molecule has 0 aliphatic carbocycles. The third-order valence-corrected chi connectivity index (χ3v) is 4.91. The molecule has 1 aliphatic heterocycles. The number of nitrogens with one attached hydrogen (secondary N) is 1. The Kier molecular flexibility index (Phi) is 7.45. The Morgan fingerprint density at radius 2 is 2.12 bits per heavy atom. The van der Waals surface area contributed by atoms with Crippen LogP contribution in [-0.4, -0.2) is 51.6 Å². The van der Waals surface area contributed by atoms with Gasteiger partial charge in [-0.05, 0) is 47.6 Å². The highest BCUT2D eigenvalue weighted by molar-refractivity contribution is 14.1. The zero-order chi connectivity index (χ0) is 18.6. The monoisotopic (exact) mass is 520 g/mol. The summed E-state index contributed by atoms with van der Waals surface area (Å²) in [5, 5.41) is 12.0. The van der Waals surface area contributed by atoms with E-state index < -0.39 is 16.5 Å². The summed E-state index contributed by atoms with van der Waals surface area (Å²) in [4.78, 5) is 26.4. The molecule has 1 heterocycles. The van der Waals surface area contributed by atoms with Gasteiger partial charge in [0.05, 0.1) is 23.9 Å². The van der Waals surface area contributed by atoms with Gasteiger partial charge in [-0.2, -0.15) is 0 Å². The summed E-state index contributed by atoms with van der Waals surface area (Å²) in [5.41, 5.74) is 0.643. The van der Waals surface area contributed by atoms with Crippen LogP contribution in [0.2, 0.25) is 0 Å². The molecule has 10 heteroatoms. The number of alkyl halides is 3. The Balaban J connectivity index is 2.19. The molecule has 0 radical (unpaired) electrons. The van der Waals surface area contributed by atoms with Crippen LogP contribution in [-0.2, 0) is 4.74 Å². The van der Waals surface area contributed by atoms with E-state index in [4.69, 9.17) is 39.5 Å². The maximum Gasteiger partial charge on any atom is 0.411 e. The number of likely N-dealkylation sites (tertiary alicyclic amines) is 1. The quantitative estimate of drug-likeness (QED) is 0.467. The van der Waals surface area contributed by atoms with Crippen LogP contribution >= 0.6 is 57.4 Å². The van der Waals surface area contributed by atoms with Crippen LogP contribution in [0.25, 0.3) is 0 Å². The van der Waals surface area contributed by atoms with Crippen molar-refractivity contribution >= 4 is 75.1 Å². The first-order chi connectivity index (χ1) is 11.7. The van der Waals surface area contributed by atoms with Crippen molar-refractivity contribution in [2.75, 3.05) is 25.1 Å². The summed E-state index contributed by atoms with van der Waals surface area (Å²) >= 11 is 18.7. The number of ether oxygens (including phenoxy) is 1. The highest BCUT2D eigenvalue weighted by Crippen LogP contribution is 2.29. The minimum absolute atomic E-state index is 0.0935. The molecular weight excluding hydrogens is 505 g/mol. The normalized spacial score (nSPS) is 17.5. The van der Waals surface area contributed by atoms with Crippen molar-refractivity contribution in [2.24, 2.45) is 0 Å². The summed E-state index contributed by atoms with van der Waals surface area (Å²) in [7, 11) is 0. The van der Waals surface area contributed by atoms with Crippen molar-refractivity contribution in [3.63, 3.8) is 0 Å². The lowest BCUT2D eigenvalue weighted by molar-refractivity contribution is 0.0678. The predicted molar refractivity (Wildman–Crippen MR) is 106 cm³/mol. The third-order valence-electron chi connectivity index (χ3n) is 3.69. The van der Waals surface area contributed by atoms with Crippen molar-refractivity contribution < 1.29 is 19.4 Å². The number of anilines is 1. The standard InChI is InChI=1S/C15H16Cl3IN2O4/c16-15(17,18)8-25-14(24)20-12-10(4-1-5-11(12)19)13(23)21-6-2-3-9(21)7-22/h1,4-5,9,22H,2-3,6-8H2,(H,20,24)/t9-/m0/s1. The second-order valence-corrected chi connectivity index (χ2v) is 9.13. The van der Waals surface area contributed by atoms with Gasteiger partial charge in [0.1, 0.15) is 6.61 Å². The van der Waals surface area contributed by atoms with Crippen LogP contribution in [0.15, 0.2) is 18.2 Å². The molecule has 138 valence electrons. The highest BCUT2D eigenvalue weighted by Gasteiger charge is 2.31. The van der Waals surface area contributed by atoms with Gasteiger partial charge in [-0.1, -0.05) is 40.9 Å². The lowest BCUT2D eigenvalue weighted by Gasteiger charge is -2.24. The first-order valence-electron chi connectivity index (χ1n) is 7.44. The maximum absolute atomic E-state index is 12.8. The number of para-hydroxylation sites is 1. The zero-order valence-corrected chi connectivity index (χ0v) is 17.4. The van der Waals surface area contributed by atoms with Crippen LogP contribution in [0.3, 0.4) is 0 Å². The number of carbonyl (C=O) groups is 2. The molecule has 0 saturated carbocycles. The molecule has 1 aromatic carbocycles. The molecule has 1 fully saturated rings. The summed E-state index contributed by atoms with van der Waals surface area (Å²) < 4.78 is 3.80. The molecule has 6 nitrogen and oxygen atoms in total. The number of hydrogen-bond donors (Lipinski definition) is 2. The van der Waals surface area contributed by atoms with E-state index in [1.807, 2.05) is 22.6 Å². The Hall–Kier alpha value is -0.480. The van der Waals surface area contributed by atoms with Gasteiger partial charge >= 0.3 is 6.09 Å². The fourth-order valence-corrected chi connectivity index (χ4v) is 3.36. The average Bonchev–Trinajstić information content (AvgIpc) is 3.02. The number of aliphatic hydroxyl groups is 1. The lowest BCUT2D eigenvalue weighted by Crippen LogP contribution is -2.38. The van der Waals surface area contributed by atoms with Crippen molar-refractivity contribution in [3.05, 3.63) is 27.3 Å². The maximum atomic E-state index is 12.8. The van der Waals surface area contributed by atoms with Gasteiger partial charge < -0.3 is 14.7 Å². The van der Waals surface area contributed by atoms with Crippen molar-refractivity contribution in [1.29, 1.82) is 0 Å². The van der Waals surface area contributed by atoms with Gasteiger partial charge in [-0.15, -0.1) is 0 Å². The van der Waals surface area contributed by atoms with Gasteiger partial charge in [0.25, 0.3) is 5.91 Å². The van der Waals surface area contributed by atoms with Crippen LogP contribution in [0.4, 0.5) is 10.5 Å². The van der Waals surface area contributed by atoms with Crippen LogP contribution in [0.5, 0.6) is 0 Å². The Labute approximate surface area is 173 Å². The zero-order valence-electron chi connectivity index (χ0n) is 13.0. The molecule has 0 bridgehead atoms. The van der Waals surface area contributed by atoms with Crippen molar-refractivity contribution in [2.45, 2.75) is 22.7 Å². The number of nitrogens with zero attached hydrogens (tertiary/aromatic N) is 1. The first kappa shape index (κ1) is 20.8. The molecular formula is C15H16Cl3IN2O4. The minimum atomic E-state index is -1.72. The molecule has 2 rings (SSSR count). The number of halogens is 4. The summed E-state index contributed by atoms with van der Waals surface area (Å²) in [5.74, 6) is -0.258. The Bertz CT molecular complexity index is 654. The number of amides is 2. The predicted octanol–water partition coefficient (Wildman–Crippen LogP) is 3.81. The van der Waals surface area contributed by atoms with E-state index in [1.165, 1.54) is 0 Å². The Morgan fingerprint density at radius 3 is 2.76 bits per heavy atom.